The molecule has 1 aliphatic rings. The second kappa shape index (κ2) is 7.39. The van der Waals surface area contributed by atoms with Crippen molar-refractivity contribution in [2.45, 2.75) is 12.8 Å². The fourth-order valence-electron chi connectivity index (χ4n) is 2.43. The number of nitrogens with one attached hydrogen (secondary N) is 1. The summed E-state index contributed by atoms with van der Waals surface area (Å²) in [7, 11) is 2.19. The van der Waals surface area contributed by atoms with Gasteiger partial charge in [0.15, 0.2) is 0 Å². The number of benzene rings is 1. The van der Waals surface area contributed by atoms with Gasteiger partial charge in [0.1, 0.15) is 12.4 Å². The number of hydrogen-bond acceptors (Lipinski definition) is 3. The zero-order chi connectivity index (χ0) is 12.6. The molecule has 0 amide bonds. The van der Waals surface area contributed by atoms with Crippen LogP contribution in [0.1, 0.15) is 12.8 Å². The summed E-state index contributed by atoms with van der Waals surface area (Å²) in [6.45, 7) is 5.32. The summed E-state index contributed by atoms with van der Waals surface area (Å²) < 4.78 is 5.71. The van der Waals surface area contributed by atoms with E-state index in [4.69, 9.17) is 4.74 Å². The molecule has 0 atom stereocenters. The van der Waals surface area contributed by atoms with Crippen molar-refractivity contribution >= 4 is 0 Å². The SMILES string of the molecule is CN(CCOc1ccccc1)CC1CCNCC1. The van der Waals surface area contributed by atoms with Gasteiger partial charge < -0.3 is 15.0 Å². The second-order valence-corrected chi connectivity index (χ2v) is 5.12. The number of likely N-dealkylation sites (N-methyl/N-ethyl adjacent to an activating group) is 1. The fourth-order valence-corrected chi connectivity index (χ4v) is 2.43. The highest BCUT2D eigenvalue weighted by Crippen LogP contribution is 2.13. The molecule has 0 saturated carbocycles. The molecule has 2 rings (SSSR count). The van der Waals surface area contributed by atoms with Gasteiger partial charge in [-0.2, -0.15) is 0 Å². The van der Waals surface area contributed by atoms with E-state index in [-0.39, 0.29) is 0 Å². The first kappa shape index (κ1) is 13.4. The predicted octanol–water partition coefficient (Wildman–Crippen LogP) is 2.00. The Balaban J connectivity index is 1.61. The van der Waals surface area contributed by atoms with Crippen LogP contribution in [0.25, 0.3) is 0 Å². The van der Waals surface area contributed by atoms with Crippen LogP contribution in [0.15, 0.2) is 30.3 Å². The van der Waals surface area contributed by atoms with Gasteiger partial charge in [0.25, 0.3) is 0 Å². The zero-order valence-electron chi connectivity index (χ0n) is 11.3. The Morgan fingerprint density at radius 3 is 2.67 bits per heavy atom. The van der Waals surface area contributed by atoms with Gasteiger partial charge in [-0.25, -0.2) is 0 Å². The zero-order valence-corrected chi connectivity index (χ0v) is 11.3. The van der Waals surface area contributed by atoms with Gasteiger partial charge >= 0.3 is 0 Å². The summed E-state index contributed by atoms with van der Waals surface area (Å²) in [6, 6.07) is 10.0. The van der Waals surface area contributed by atoms with Gasteiger partial charge in [0.2, 0.25) is 0 Å². The van der Waals surface area contributed by atoms with Gasteiger partial charge in [0, 0.05) is 13.1 Å². The van der Waals surface area contributed by atoms with E-state index < -0.39 is 0 Å². The third-order valence-electron chi connectivity index (χ3n) is 3.51. The van der Waals surface area contributed by atoms with Gasteiger partial charge in [-0.3, -0.25) is 0 Å². The number of para-hydroxylation sites is 1. The predicted molar refractivity (Wildman–Crippen MR) is 75.0 cm³/mol. The highest BCUT2D eigenvalue weighted by molar-refractivity contribution is 5.20. The first-order chi connectivity index (χ1) is 8.84. The highest BCUT2D eigenvalue weighted by atomic mass is 16.5. The summed E-state index contributed by atoms with van der Waals surface area (Å²) in [5, 5.41) is 3.41. The van der Waals surface area contributed by atoms with Crippen LogP contribution in [0, 0.1) is 5.92 Å². The van der Waals surface area contributed by atoms with Crippen LogP contribution in [-0.2, 0) is 0 Å². The Bertz CT molecular complexity index is 323. The molecule has 0 radical (unpaired) electrons. The Labute approximate surface area is 110 Å². The summed E-state index contributed by atoms with van der Waals surface area (Å²) in [4.78, 5) is 2.39. The maximum atomic E-state index is 5.71. The minimum atomic E-state index is 0.769. The molecule has 1 saturated heterocycles. The third kappa shape index (κ3) is 4.67. The van der Waals surface area contributed by atoms with Crippen LogP contribution < -0.4 is 10.1 Å². The molecule has 0 aliphatic carbocycles. The lowest BCUT2D eigenvalue weighted by atomic mass is 9.98. The molecule has 3 nitrogen and oxygen atoms in total. The molecule has 1 fully saturated rings. The smallest absolute Gasteiger partial charge is 0.119 e. The van der Waals surface area contributed by atoms with E-state index >= 15 is 0 Å². The minimum Gasteiger partial charge on any atom is -0.492 e. The molecule has 1 aromatic carbocycles. The first-order valence-electron chi connectivity index (χ1n) is 6.92. The van der Waals surface area contributed by atoms with Crippen LogP contribution in [0.5, 0.6) is 5.75 Å². The number of hydrogen-bond donors (Lipinski definition) is 1. The average Bonchev–Trinajstić information content (AvgIpc) is 2.41. The van der Waals surface area contributed by atoms with Gasteiger partial charge in [-0.15, -0.1) is 0 Å². The topological polar surface area (TPSA) is 24.5 Å². The summed E-state index contributed by atoms with van der Waals surface area (Å²) >= 11 is 0. The van der Waals surface area contributed by atoms with Crippen molar-refractivity contribution in [1.29, 1.82) is 0 Å². The summed E-state index contributed by atoms with van der Waals surface area (Å²) in [6.07, 6.45) is 2.62. The largest absolute Gasteiger partial charge is 0.492 e. The maximum absolute atomic E-state index is 5.71. The van der Waals surface area contributed by atoms with Gasteiger partial charge in [-0.1, -0.05) is 18.2 Å². The van der Waals surface area contributed by atoms with E-state index in [9.17, 15) is 0 Å². The van der Waals surface area contributed by atoms with Crippen LogP contribution in [-0.4, -0.2) is 44.7 Å². The van der Waals surface area contributed by atoms with Gasteiger partial charge in [0.05, 0.1) is 0 Å². The van der Waals surface area contributed by atoms with Gasteiger partial charge in [-0.05, 0) is 51.0 Å². The number of rotatable bonds is 6. The molecule has 0 aromatic heterocycles. The van der Waals surface area contributed by atoms with Crippen molar-refractivity contribution < 1.29 is 4.74 Å². The molecule has 0 spiro atoms. The molecule has 3 heteroatoms. The normalized spacial score (nSPS) is 17.0. The van der Waals surface area contributed by atoms with E-state index in [1.54, 1.807) is 0 Å². The van der Waals surface area contributed by atoms with E-state index in [1.165, 1.54) is 32.5 Å². The van der Waals surface area contributed by atoms with E-state index in [2.05, 4.69) is 17.3 Å². The average molecular weight is 248 g/mol. The maximum Gasteiger partial charge on any atom is 0.119 e. The molecular weight excluding hydrogens is 224 g/mol. The van der Waals surface area contributed by atoms with Crippen molar-refractivity contribution in [3.05, 3.63) is 30.3 Å². The summed E-state index contributed by atoms with van der Waals surface area (Å²) in [5.41, 5.74) is 0. The second-order valence-electron chi connectivity index (χ2n) is 5.12. The Morgan fingerprint density at radius 1 is 1.22 bits per heavy atom. The van der Waals surface area contributed by atoms with E-state index in [1.807, 2.05) is 30.3 Å². The standard InChI is InChI=1S/C15H24N2O/c1-17(13-14-7-9-16-10-8-14)11-12-18-15-5-3-2-4-6-15/h2-6,14,16H,7-13H2,1H3. The van der Waals surface area contributed by atoms with E-state index in [0.717, 1.165) is 24.8 Å². The molecule has 1 aliphatic heterocycles. The lowest BCUT2D eigenvalue weighted by Gasteiger charge is -2.27. The molecule has 100 valence electrons. The molecule has 18 heavy (non-hydrogen) atoms. The monoisotopic (exact) mass is 248 g/mol. The summed E-state index contributed by atoms with van der Waals surface area (Å²) in [5.74, 6) is 1.82. The van der Waals surface area contributed by atoms with Crippen LogP contribution >= 0.6 is 0 Å². The minimum absolute atomic E-state index is 0.769. The number of piperidine rings is 1. The van der Waals surface area contributed by atoms with Crippen molar-refractivity contribution in [2.75, 3.05) is 39.8 Å². The number of ether oxygens (including phenoxy) is 1. The van der Waals surface area contributed by atoms with Crippen molar-refractivity contribution in [2.24, 2.45) is 5.92 Å². The fraction of sp³-hybridized carbons (Fsp3) is 0.600. The first-order valence-corrected chi connectivity index (χ1v) is 6.92. The Kier molecular flexibility index (Phi) is 5.49. The van der Waals surface area contributed by atoms with Crippen LogP contribution in [0.4, 0.5) is 0 Å². The van der Waals surface area contributed by atoms with Crippen molar-refractivity contribution in [3.63, 3.8) is 0 Å². The third-order valence-corrected chi connectivity index (χ3v) is 3.51. The molecule has 0 bridgehead atoms. The molecular formula is C15H24N2O. The molecule has 0 unspecified atom stereocenters. The Morgan fingerprint density at radius 2 is 1.94 bits per heavy atom. The molecule has 1 N–H and O–H groups in total. The molecule has 1 heterocycles. The highest BCUT2D eigenvalue weighted by Gasteiger charge is 2.14. The van der Waals surface area contributed by atoms with Crippen LogP contribution in [0.3, 0.4) is 0 Å². The lowest BCUT2D eigenvalue weighted by molar-refractivity contribution is 0.199. The Hall–Kier alpha value is -1.06. The molecule has 1 aromatic rings. The lowest BCUT2D eigenvalue weighted by Crippen LogP contribution is -2.36. The number of nitrogens with zero attached hydrogens (tertiary/aromatic N) is 1. The van der Waals surface area contributed by atoms with Crippen LogP contribution in [0.2, 0.25) is 0 Å². The van der Waals surface area contributed by atoms with Crippen molar-refractivity contribution in [1.82, 2.24) is 10.2 Å². The van der Waals surface area contributed by atoms with E-state index in [0.29, 0.717) is 0 Å². The quantitative estimate of drug-likeness (QED) is 0.833. The van der Waals surface area contributed by atoms with Crippen molar-refractivity contribution in [3.8, 4) is 5.75 Å².